The van der Waals surface area contributed by atoms with E-state index in [1.165, 1.54) is 12.8 Å². The SMILES string of the molecule is CN1c2ccccc2C(C(=O)O)C2CCCCC21. The highest BCUT2D eigenvalue weighted by atomic mass is 16.4. The van der Waals surface area contributed by atoms with E-state index in [2.05, 4.69) is 18.0 Å². The quantitative estimate of drug-likeness (QED) is 0.827. The zero-order valence-electron chi connectivity index (χ0n) is 10.7. The number of para-hydroxylation sites is 1. The largest absolute Gasteiger partial charge is 0.481 e. The highest BCUT2D eigenvalue weighted by molar-refractivity contribution is 5.81. The van der Waals surface area contributed by atoms with Gasteiger partial charge in [0.05, 0.1) is 5.92 Å². The summed E-state index contributed by atoms with van der Waals surface area (Å²) in [6.07, 6.45) is 4.56. The Hall–Kier alpha value is -1.51. The highest BCUT2D eigenvalue weighted by Gasteiger charge is 2.43. The van der Waals surface area contributed by atoms with Crippen LogP contribution in [0.3, 0.4) is 0 Å². The maximum atomic E-state index is 11.7. The van der Waals surface area contributed by atoms with Gasteiger partial charge in [0, 0.05) is 18.8 Å². The topological polar surface area (TPSA) is 40.5 Å². The van der Waals surface area contributed by atoms with Crippen molar-refractivity contribution >= 4 is 11.7 Å². The van der Waals surface area contributed by atoms with E-state index in [-0.39, 0.29) is 11.8 Å². The summed E-state index contributed by atoms with van der Waals surface area (Å²) in [7, 11) is 2.11. The number of aliphatic carboxylic acids is 1. The predicted molar refractivity (Wildman–Crippen MR) is 71.0 cm³/mol. The minimum Gasteiger partial charge on any atom is -0.481 e. The summed E-state index contributed by atoms with van der Waals surface area (Å²) in [6.45, 7) is 0. The van der Waals surface area contributed by atoms with Crippen LogP contribution in [0.1, 0.15) is 37.2 Å². The number of hydrogen-bond acceptors (Lipinski definition) is 2. The summed E-state index contributed by atoms with van der Waals surface area (Å²) < 4.78 is 0. The first kappa shape index (κ1) is 11.6. The normalized spacial score (nSPS) is 30.5. The van der Waals surface area contributed by atoms with E-state index in [4.69, 9.17) is 0 Å². The van der Waals surface area contributed by atoms with Crippen LogP contribution in [0.5, 0.6) is 0 Å². The third-order valence-electron chi connectivity index (χ3n) is 4.63. The first-order valence-corrected chi connectivity index (χ1v) is 6.74. The number of anilines is 1. The number of carboxylic acids is 1. The van der Waals surface area contributed by atoms with E-state index in [0.717, 1.165) is 24.1 Å². The summed E-state index contributed by atoms with van der Waals surface area (Å²) in [4.78, 5) is 14.0. The van der Waals surface area contributed by atoms with Gasteiger partial charge in [0.25, 0.3) is 0 Å². The Morgan fingerprint density at radius 2 is 2.00 bits per heavy atom. The number of rotatable bonds is 1. The van der Waals surface area contributed by atoms with Gasteiger partial charge in [-0.2, -0.15) is 0 Å². The van der Waals surface area contributed by atoms with Gasteiger partial charge in [-0.1, -0.05) is 31.0 Å². The average Bonchev–Trinajstić information content (AvgIpc) is 2.39. The van der Waals surface area contributed by atoms with Crippen molar-refractivity contribution in [2.45, 2.75) is 37.6 Å². The Morgan fingerprint density at radius 3 is 2.78 bits per heavy atom. The van der Waals surface area contributed by atoms with Gasteiger partial charge < -0.3 is 10.0 Å². The Balaban J connectivity index is 2.11. The molecule has 1 N–H and O–H groups in total. The van der Waals surface area contributed by atoms with Crippen LogP contribution in [0.2, 0.25) is 0 Å². The van der Waals surface area contributed by atoms with Gasteiger partial charge in [-0.3, -0.25) is 4.79 Å². The molecule has 0 saturated heterocycles. The average molecular weight is 245 g/mol. The van der Waals surface area contributed by atoms with Gasteiger partial charge in [0.15, 0.2) is 0 Å². The lowest BCUT2D eigenvalue weighted by atomic mass is 9.70. The predicted octanol–water partition coefficient (Wildman–Crippen LogP) is 2.86. The molecular formula is C15H19NO2. The molecule has 3 atom stereocenters. The van der Waals surface area contributed by atoms with Crippen molar-refractivity contribution in [3.05, 3.63) is 29.8 Å². The summed E-state index contributed by atoms with van der Waals surface area (Å²) in [6, 6.07) is 8.38. The molecule has 3 nitrogen and oxygen atoms in total. The smallest absolute Gasteiger partial charge is 0.311 e. The molecule has 0 radical (unpaired) electrons. The van der Waals surface area contributed by atoms with E-state index in [9.17, 15) is 9.90 Å². The molecule has 2 aliphatic rings. The van der Waals surface area contributed by atoms with Crippen molar-refractivity contribution in [2.75, 3.05) is 11.9 Å². The van der Waals surface area contributed by atoms with Crippen molar-refractivity contribution in [3.8, 4) is 0 Å². The van der Waals surface area contributed by atoms with Crippen LogP contribution in [0.4, 0.5) is 5.69 Å². The van der Waals surface area contributed by atoms with E-state index in [0.29, 0.717) is 6.04 Å². The first-order chi connectivity index (χ1) is 8.70. The van der Waals surface area contributed by atoms with E-state index in [1.54, 1.807) is 0 Å². The third kappa shape index (κ3) is 1.61. The minimum absolute atomic E-state index is 0.274. The van der Waals surface area contributed by atoms with E-state index in [1.807, 2.05) is 18.2 Å². The molecule has 96 valence electrons. The number of nitrogens with zero attached hydrogens (tertiary/aromatic N) is 1. The van der Waals surface area contributed by atoms with Crippen molar-refractivity contribution < 1.29 is 9.90 Å². The summed E-state index contributed by atoms with van der Waals surface area (Å²) >= 11 is 0. The Kier molecular flexibility index (Phi) is 2.77. The highest BCUT2D eigenvalue weighted by Crippen LogP contribution is 2.46. The van der Waals surface area contributed by atoms with Gasteiger partial charge in [-0.25, -0.2) is 0 Å². The lowest BCUT2D eigenvalue weighted by Gasteiger charge is -2.47. The second-order valence-electron chi connectivity index (χ2n) is 5.50. The fraction of sp³-hybridized carbons (Fsp3) is 0.533. The second kappa shape index (κ2) is 4.30. The number of carbonyl (C=O) groups is 1. The standard InChI is InChI=1S/C15H19NO2/c1-16-12-8-4-2-6-10(12)14(15(17)18)11-7-3-5-9-13(11)16/h2,4,6,8,11,13-14H,3,5,7,9H2,1H3,(H,17,18). The molecule has 3 unspecified atom stereocenters. The molecule has 1 fully saturated rings. The van der Waals surface area contributed by atoms with Crippen LogP contribution in [0, 0.1) is 5.92 Å². The van der Waals surface area contributed by atoms with Gasteiger partial charge in [0.2, 0.25) is 0 Å². The van der Waals surface area contributed by atoms with Gasteiger partial charge in [0.1, 0.15) is 0 Å². The summed E-state index contributed by atoms with van der Waals surface area (Å²) in [5.74, 6) is -0.703. The molecule has 3 rings (SSSR count). The zero-order chi connectivity index (χ0) is 12.7. The Bertz CT molecular complexity index is 471. The van der Waals surface area contributed by atoms with Gasteiger partial charge in [-0.05, 0) is 30.4 Å². The lowest BCUT2D eigenvalue weighted by Crippen LogP contribution is -2.48. The molecule has 1 saturated carbocycles. The number of hydrogen-bond donors (Lipinski definition) is 1. The second-order valence-corrected chi connectivity index (χ2v) is 5.50. The zero-order valence-corrected chi connectivity index (χ0v) is 10.7. The molecule has 1 aliphatic heterocycles. The van der Waals surface area contributed by atoms with Crippen LogP contribution in [0.15, 0.2) is 24.3 Å². The molecule has 1 aromatic rings. The molecule has 0 spiro atoms. The maximum absolute atomic E-state index is 11.7. The first-order valence-electron chi connectivity index (χ1n) is 6.74. The fourth-order valence-corrected chi connectivity index (χ4v) is 3.81. The molecule has 18 heavy (non-hydrogen) atoms. The summed E-state index contributed by atoms with van der Waals surface area (Å²) in [5, 5.41) is 9.59. The maximum Gasteiger partial charge on any atom is 0.311 e. The lowest BCUT2D eigenvalue weighted by molar-refractivity contribution is -0.141. The fourth-order valence-electron chi connectivity index (χ4n) is 3.81. The molecule has 1 heterocycles. The van der Waals surface area contributed by atoms with Crippen LogP contribution >= 0.6 is 0 Å². The number of carboxylic acid groups (broad SMARTS) is 1. The molecule has 0 bridgehead atoms. The van der Waals surface area contributed by atoms with Crippen LogP contribution in [-0.2, 0) is 4.79 Å². The molecule has 3 heteroatoms. The number of fused-ring (bicyclic) bond motifs is 2. The Morgan fingerprint density at radius 1 is 1.28 bits per heavy atom. The molecule has 1 aliphatic carbocycles. The molecular weight excluding hydrogens is 226 g/mol. The van der Waals surface area contributed by atoms with Crippen LogP contribution in [-0.4, -0.2) is 24.2 Å². The Labute approximate surface area is 107 Å². The van der Waals surface area contributed by atoms with Crippen molar-refractivity contribution in [1.82, 2.24) is 0 Å². The van der Waals surface area contributed by atoms with Crippen LogP contribution in [0.25, 0.3) is 0 Å². The monoisotopic (exact) mass is 245 g/mol. The molecule has 0 amide bonds. The minimum atomic E-state index is -0.660. The van der Waals surface area contributed by atoms with Crippen molar-refractivity contribution in [3.63, 3.8) is 0 Å². The third-order valence-corrected chi connectivity index (χ3v) is 4.63. The van der Waals surface area contributed by atoms with E-state index < -0.39 is 5.97 Å². The summed E-state index contributed by atoms with van der Waals surface area (Å²) in [5.41, 5.74) is 2.10. The van der Waals surface area contributed by atoms with Crippen LogP contribution < -0.4 is 4.90 Å². The van der Waals surface area contributed by atoms with Gasteiger partial charge in [-0.15, -0.1) is 0 Å². The van der Waals surface area contributed by atoms with E-state index >= 15 is 0 Å². The molecule has 1 aromatic carbocycles. The molecule has 0 aromatic heterocycles. The number of benzene rings is 1. The van der Waals surface area contributed by atoms with Gasteiger partial charge >= 0.3 is 5.97 Å². The van der Waals surface area contributed by atoms with Crippen molar-refractivity contribution in [2.24, 2.45) is 5.92 Å². The van der Waals surface area contributed by atoms with Crippen molar-refractivity contribution in [1.29, 1.82) is 0 Å².